The van der Waals surface area contributed by atoms with Crippen LogP contribution >= 0.6 is 0 Å². The topological polar surface area (TPSA) is 29.1 Å². The van der Waals surface area contributed by atoms with Gasteiger partial charge in [-0.2, -0.15) is 0 Å². The number of rotatable bonds is 6. The molecule has 2 heteroatoms. The molecule has 1 unspecified atom stereocenters. The lowest BCUT2D eigenvalue weighted by atomic mass is 9.85. The second kappa shape index (κ2) is 8.38. The fourth-order valence-electron chi connectivity index (χ4n) is 2.80. The van der Waals surface area contributed by atoms with Gasteiger partial charge in [-0.25, -0.2) is 0 Å². The minimum Gasteiger partial charge on any atom is -0.326 e. The van der Waals surface area contributed by atoms with Gasteiger partial charge in [0.25, 0.3) is 0 Å². The van der Waals surface area contributed by atoms with E-state index in [4.69, 9.17) is 0 Å². The molecule has 1 rings (SSSR count). The molecule has 118 valence electrons. The van der Waals surface area contributed by atoms with E-state index in [9.17, 15) is 4.79 Å². The highest BCUT2D eigenvalue weighted by Gasteiger charge is 2.14. The Labute approximate surface area is 134 Å². The zero-order valence-electron chi connectivity index (χ0n) is 14.4. The van der Waals surface area contributed by atoms with Crippen LogP contribution in [0.15, 0.2) is 54.1 Å². The molecule has 0 aliphatic heterocycles. The number of benzene rings is 1. The average molecular weight is 297 g/mol. The zero-order valence-corrected chi connectivity index (χ0v) is 14.4. The van der Waals surface area contributed by atoms with Gasteiger partial charge in [0.1, 0.15) is 0 Å². The number of allylic oxidation sites excluding steroid dienone is 5. The van der Waals surface area contributed by atoms with Gasteiger partial charge in [-0.05, 0) is 50.5 Å². The predicted octanol–water partition coefficient (Wildman–Crippen LogP) is 5.60. The van der Waals surface area contributed by atoms with Crippen LogP contribution in [0.5, 0.6) is 0 Å². The molecule has 0 radical (unpaired) electrons. The van der Waals surface area contributed by atoms with Gasteiger partial charge in [0, 0.05) is 18.5 Å². The molecule has 22 heavy (non-hydrogen) atoms. The first-order chi connectivity index (χ1) is 10.4. The molecule has 1 amide bonds. The number of anilines is 1. The van der Waals surface area contributed by atoms with Gasteiger partial charge in [0.2, 0.25) is 5.91 Å². The van der Waals surface area contributed by atoms with Crippen molar-refractivity contribution in [3.8, 4) is 0 Å². The Kier molecular flexibility index (Phi) is 6.84. The Bertz CT molecular complexity index is 591. The minimum absolute atomic E-state index is 0.0572. The van der Waals surface area contributed by atoms with Crippen molar-refractivity contribution in [2.75, 3.05) is 5.32 Å². The SMILES string of the molecule is C=C/C(=C(\C)C(CC)/C(C)=C/C)c1ccc(NC(C)=O)cc1. The lowest BCUT2D eigenvalue weighted by Gasteiger charge is -2.20. The van der Waals surface area contributed by atoms with Crippen LogP contribution in [0.3, 0.4) is 0 Å². The number of nitrogens with one attached hydrogen (secondary N) is 1. The van der Waals surface area contributed by atoms with E-state index in [1.807, 2.05) is 30.3 Å². The van der Waals surface area contributed by atoms with Crippen molar-refractivity contribution < 1.29 is 4.79 Å². The normalized spacial score (nSPS) is 14.1. The molecule has 1 aromatic rings. The fraction of sp³-hybridized carbons (Fsp3) is 0.350. The lowest BCUT2D eigenvalue weighted by Crippen LogP contribution is -2.06. The van der Waals surface area contributed by atoms with Crippen LogP contribution < -0.4 is 5.32 Å². The monoisotopic (exact) mass is 297 g/mol. The number of hydrogen-bond donors (Lipinski definition) is 1. The molecule has 1 atom stereocenters. The predicted molar refractivity (Wildman–Crippen MR) is 96.7 cm³/mol. The van der Waals surface area contributed by atoms with Crippen LogP contribution in [0.2, 0.25) is 0 Å². The lowest BCUT2D eigenvalue weighted by molar-refractivity contribution is -0.114. The molecule has 2 nitrogen and oxygen atoms in total. The third-order valence-corrected chi connectivity index (χ3v) is 4.08. The van der Waals surface area contributed by atoms with Gasteiger partial charge < -0.3 is 5.32 Å². The average Bonchev–Trinajstić information content (AvgIpc) is 2.49. The van der Waals surface area contributed by atoms with Crippen molar-refractivity contribution in [2.45, 2.75) is 41.0 Å². The molecular formula is C20H27NO. The van der Waals surface area contributed by atoms with E-state index >= 15 is 0 Å². The summed E-state index contributed by atoms with van der Waals surface area (Å²) in [4.78, 5) is 11.1. The Morgan fingerprint density at radius 3 is 2.23 bits per heavy atom. The van der Waals surface area contributed by atoms with Gasteiger partial charge in [0.15, 0.2) is 0 Å². The van der Waals surface area contributed by atoms with E-state index in [0.717, 1.165) is 17.7 Å². The molecule has 0 aliphatic carbocycles. The first-order valence-electron chi connectivity index (χ1n) is 7.78. The molecule has 0 saturated carbocycles. The number of carbonyl (C=O) groups excluding carboxylic acids is 1. The maximum atomic E-state index is 11.1. The summed E-state index contributed by atoms with van der Waals surface area (Å²) in [6.07, 6.45) is 5.18. The third-order valence-electron chi connectivity index (χ3n) is 4.08. The maximum Gasteiger partial charge on any atom is 0.221 e. The first-order valence-corrected chi connectivity index (χ1v) is 7.78. The Morgan fingerprint density at radius 1 is 1.23 bits per heavy atom. The third kappa shape index (κ3) is 4.45. The highest BCUT2D eigenvalue weighted by atomic mass is 16.1. The molecular weight excluding hydrogens is 270 g/mol. The summed E-state index contributed by atoms with van der Waals surface area (Å²) in [6.45, 7) is 14.2. The smallest absolute Gasteiger partial charge is 0.221 e. The Morgan fingerprint density at radius 2 is 1.82 bits per heavy atom. The highest BCUT2D eigenvalue weighted by molar-refractivity contribution is 5.89. The van der Waals surface area contributed by atoms with Crippen LogP contribution in [-0.2, 0) is 4.79 Å². The Balaban J connectivity index is 3.21. The molecule has 1 aromatic carbocycles. The quantitative estimate of drug-likeness (QED) is 0.537. The number of amides is 1. The van der Waals surface area contributed by atoms with E-state index in [2.05, 4.69) is 45.7 Å². The highest BCUT2D eigenvalue weighted by Crippen LogP contribution is 2.31. The largest absolute Gasteiger partial charge is 0.326 e. The molecule has 0 aliphatic rings. The van der Waals surface area contributed by atoms with E-state index in [1.165, 1.54) is 23.6 Å². The second-order valence-electron chi connectivity index (χ2n) is 5.55. The Hall–Kier alpha value is -2.09. The van der Waals surface area contributed by atoms with Gasteiger partial charge in [-0.1, -0.05) is 48.9 Å². The van der Waals surface area contributed by atoms with Gasteiger partial charge in [-0.3, -0.25) is 4.79 Å². The van der Waals surface area contributed by atoms with E-state index in [0.29, 0.717) is 5.92 Å². The molecule has 0 spiro atoms. The first kappa shape index (κ1) is 18.0. The zero-order chi connectivity index (χ0) is 16.7. The summed E-state index contributed by atoms with van der Waals surface area (Å²) >= 11 is 0. The fourth-order valence-corrected chi connectivity index (χ4v) is 2.80. The van der Waals surface area contributed by atoms with Gasteiger partial charge >= 0.3 is 0 Å². The minimum atomic E-state index is -0.0572. The maximum absolute atomic E-state index is 11.1. The molecule has 0 aromatic heterocycles. The van der Waals surface area contributed by atoms with Crippen molar-refractivity contribution >= 4 is 17.2 Å². The van der Waals surface area contributed by atoms with Crippen LogP contribution in [0.25, 0.3) is 5.57 Å². The molecule has 1 N–H and O–H groups in total. The van der Waals surface area contributed by atoms with Crippen molar-refractivity contribution in [3.63, 3.8) is 0 Å². The second-order valence-corrected chi connectivity index (χ2v) is 5.55. The van der Waals surface area contributed by atoms with Crippen molar-refractivity contribution in [1.29, 1.82) is 0 Å². The summed E-state index contributed by atoms with van der Waals surface area (Å²) in [5.74, 6) is 0.381. The molecule has 0 saturated heterocycles. The number of hydrogen-bond acceptors (Lipinski definition) is 1. The summed E-state index contributed by atoms with van der Waals surface area (Å²) in [5, 5.41) is 2.79. The van der Waals surface area contributed by atoms with Crippen LogP contribution in [-0.4, -0.2) is 5.91 Å². The summed E-state index contributed by atoms with van der Waals surface area (Å²) < 4.78 is 0. The van der Waals surface area contributed by atoms with E-state index in [1.54, 1.807) is 0 Å². The van der Waals surface area contributed by atoms with E-state index < -0.39 is 0 Å². The summed E-state index contributed by atoms with van der Waals surface area (Å²) in [7, 11) is 0. The van der Waals surface area contributed by atoms with Crippen molar-refractivity contribution in [3.05, 3.63) is 59.7 Å². The summed E-state index contributed by atoms with van der Waals surface area (Å²) in [5.41, 5.74) is 5.83. The van der Waals surface area contributed by atoms with Crippen LogP contribution in [0.4, 0.5) is 5.69 Å². The molecule has 0 heterocycles. The molecule has 0 bridgehead atoms. The van der Waals surface area contributed by atoms with E-state index in [-0.39, 0.29) is 5.91 Å². The van der Waals surface area contributed by atoms with Crippen LogP contribution in [0.1, 0.15) is 46.6 Å². The molecule has 0 fully saturated rings. The number of carbonyl (C=O) groups is 1. The van der Waals surface area contributed by atoms with Crippen molar-refractivity contribution in [2.24, 2.45) is 5.92 Å². The summed E-state index contributed by atoms with van der Waals surface area (Å²) in [6, 6.07) is 7.92. The van der Waals surface area contributed by atoms with Crippen LogP contribution in [0, 0.1) is 5.92 Å². The van der Waals surface area contributed by atoms with Crippen molar-refractivity contribution in [1.82, 2.24) is 0 Å². The standard InChI is InChI=1S/C20H27NO/c1-7-14(4)19(8-2)15(5)20(9-3)17-10-12-18(13-11-17)21-16(6)22/h7,9-13,19H,3,8H2,1-2,4-6H3,(H,21,22)/b14-7+,20-15-. The van der Waals surface area contributed by atoms with Gasteiger partial charge in [0.05, 0.1) is 0 Å². The van der Waals surface area contributed by atoms with Gasteiger partial charge in [-0.15, -0.1) is 0 Å².